The van der Waals surface area contributed by atoms with E-state index >= 15 is 0 Å². The molecule has 2 rings (SSSR count). The summed E-state index contributed by atoms with van der Waals surface area (Å²) in [6.45, 7) is 7.26. The molecule has 0 bridgehead atoms. The molecule has 2 aromatic rings. The molecule has 21 heavy (non-hydrogen) atoms. The Balaban J connectivity index is 2.11. The number of hydrogen-bond donors (Lipinski definition) is 1. The Kier molecular flexibility index (Phi) is 5.17. The van der Waals surface area contributed by atoms with Crippen molar-refractivity contribution in [2.24, 2.45) is 0 Å². The maximum absolute atomic E-state index is 12.2. The van der Waals surface area contributed by atoms with Crippen molar-refractivity contribution in [1.82, 2.24) is 4.90 Å². The van der Waals surface area contributed by atoms with E-state index in [2.05, 4.69) is 18.7 Å². The van der Waals surface area contributed by atoms with Gasteiger partial charge in [-0.25, -0.2) is 4.79 Å². The molecule has 0 aromatic heterocycles. The average Bonchev–Trinajstić information content (AvgIpc) is 2.52. The van der Waals surface area contributed by atoms with Crippen LogP contribution in [0.2, 0.25) is 0 Å². The highest BCUT2D eigenvalue weighted by molar-refractivity contribution is 6.07. The lowest BCUT2D eigenvalue weighted by molar-refractivity contribution is 0.0469. The number of hydrogen-bond acceptors (Lipinski definition) is 4. The molecule has 0 aliphatic heterocycles. The summed E-state index contributed by atoms with van der Waals surface area (Å²) in [4.78, 5) is 14.5. The number of fused-ring (bicyclic) bond motifs is 1. The molecule has 0 fully saturated rings. The van der Waals surface area contributed by atoms with Crippen LogP contribution in [-0.2, 0) is 4.74 Å². The average molecular weight is 286 g/mol. The van der Waals surface area contributed by atoms with Gasteiger partial charge in [0.2, 0.25) is 0 Å². The van der Waals surface area contributed by atoms with Gasteiger partial charge in [-0.2, -0.15) is 0 Å². The predicted octanol–water partition coefficient (Wildman–Crippen LogP) is 2.92. The lowest BCUT2D eigenvalue weighted by atomic mass is 10.0. The second-order valence-electron chi connectivity index (χ2n) is 4.91. The molecule has 0 saturated heterocycles. The molecule has 0 saturated carbocycles. The van der Waals surface area contributed by atoms with Gasteiger partial charge in [0, 0.05) is 17.6 Å². The van der Waals surface area contributed by atoms with Crippen molar-refractivity contribution in [2.75, 3.05) is 32.0 Å². The number of carbonyl (C=O) groups excluding carboxylic acids is 1. The number of likely N-dealkylation sites (N-methyl/N-ethyl adjacent to an activating group) is 1. The third-order valence-corrected chi connectivity index (χ3v) is 3.71. The minimum atomic E-state index is -0.293. The fourth-order valence-corrected chi connectivity index (χ4v) is 2.39. The zero-order valence-electron chi connectivity index (χ0n) is 12.6. The Bertz CT molecular complexity index is 621. The van der Waals surface area contributed by atoms with Gasteiger partial charge >= 0.3 is 5.97 Å². The summed E-state index contributed by atoms with van der Waals surface area (Å²) in [5.74, 6) is -0.293. The normalized spacial score (nSPS) is 11.0. The van der Waals surface area contributed by atoms with Gasteiger partial charge in [0.25, 0.3) is 0 Å². The minimum absolute atomic E-state index is 0.293. The van der Waals surface area contributed by atoms with E-state index in [1.54, 1.807) is 12.1 Å². The number of ether oxygens (including phenoxy) is 1. The molecule has 0 unspecified atom stereocenters. The summed E-state index contributed by atoms with van der Waals surface area (Å²) in [6, 6.07) is 11.1. The van der Waals surface area contributed by atoms with Crippen LogP contribution < -0.4 is 5.73 Å². The van der Waals surface area contributed by atoms with E-state index < -0.39 is 0 Å². The predicted molar refractivity (Wildman–Crippen MR) is 86.4 cm³/mol. The number of nitrogens with two attached hydrogens (primary N) is 1. The van der Waals surface area contributed by atoms with Gasteiger partial charge in [-0.05, 0) is 30.6 Å². The number of nitrogens with zero attached hydrogens (tertiary/aromatic N) is 1. The molecule has 0 radical (unpaired) electrons. The Morgan fingerprint density at radius 2 is 1.76 bits per heavy atom. The monoisotopic (exact) mass is 286 g/mol. The first-order valence-corrected chi connectivity index (χ1v) is 7.34. The third kappa shape index (κ3) is 3.52. The highest BCUT2D eigenvalue weighted by Crippen LogP contribution is 2.24. The van der Waals surface area contributed by atoms with Crippen LogP contribution >= 0.6 is 0 Å². The quantitative estimate of drug-likeness (QED) is 0.655. The summed E-state index contributed by atoms with van der Waals surface area (Å²) < 4.78 is 5.39. The molecule has 4 nitrogen and oxygen atoms in total. The van der Waals surface area contributed by atoms with E-state index in [4.69, 9.17) is 10.5 Å². The molecule has 112 valence electrons. The van der Waals surface area contributed by atoms with Crippen molar-refractivity contribution in [3.8, 4) is 0 Å². The van der Waals surface area contributed by atoms with E-state index in [0.29, 0.717) is 17.9 Å². The molecule has 2 aromatic carbocycles. The van der Waals surface area contributed by atoms with Gasteiger partial charge in [0.1, 0.15) is 6.61 Å². The standard InChI is InChI=1S/C17H22N2O2/c1-3-19(4-2)11-12-21-17(20)15-9-10-16(18)14-8-6-5-7-13(14)15/h5-10H,3-4,11-12,18H2,1-2H3. The molecule has 0 spiro atoms. The Labute approximate surface area is 125 Å². The zero-order chi connectivity index (χ0) is 15.2. The van der Waals surface area contributed by atoms with E-state index in [-0.39, 0.29) is 5.97 Å². The van der Waals surface area contributed by atoms with Crippen LogP contribution in [0.1, 0.15) is 24.2 Å². The summed E-state index contributed by atoms with van der Waals surface area (Å²) in [7, 11) is 0. The summed E-state index contributed by atoms with van der Waals surface area (Å²) in [6.07, 6.45) is 0. The molecular weight excluding hydrogens is 264 g/mol. The SMILES string of the molecule is CCN(CC)CCOC(=O)c1ccc(N)c2ccccc12. The maximum Gasteiger partial charge on any atom is 0.338 e. The Morgan fingerprint density at radius 1 is 1.10 bits per heavy atom. The van der Waals surface area contributed by atoms with Gasteiger partial charge < -0.3 is 15.4 Å². The van der Waals surface area contributed by atoms with Crippen LogP contribution in [0.5, 0.6) is 0 Å². The van der Waals surface area contributed by atoms with E-state index in [1.807, 2.05) is 24.3 Å². The van der Waals surface area contributed by atoms with Gasteiger partial charge in [0.15, 0.2) is 0 Å². The lowest BCUT2D eigenvalue weighted by Crippen LogP contribution is -2.27. The van der Waals surface area contributed by atoms with Crippen molar-refractivity contribution >= 4 is 22.4 Å². The molecule has 0 aliphatic rings. The highest BCUT2D eigenvalue weighted by Gasteiger charge is 2.13. The number of rotatable bonds is 6. The number of nitrogen functional groups attached to an aromatic ring is 1. The molecule has 4 heteroatoms. The molecule has 0 heterocycles. The number of benzene rings is 2. The van der Waals surface area contributed by atoms with Crippen molar-refractivity contribution in [2.45, 2.75) is 13.8 Å². The summed E-state index contributed by atoms with van der Waals surface area (Å²) in [5, 5.41) is 1.72. The molecule has 0 amide bonds. The Hall–Kier alpha value is -2.07. The topological polar surface area (TPSA) is 55.6 Å². The zero-order valence-corrected chi connectivity index (χ0v) is 12.6. The maximum atomic E-state index is 12.2. The second-order valence-corrected chi connectivity index (χ2v) is 4.91. The fourth-order valence-electron chi connectivity index (χ4n) is 2.39. The van der Waals surface area contributed by atoms with Crippen LogP contribution in [-0.4, -0.2) is 37.1 Å². The fraction of sp³-hybridized carbons (Fsp3) is 0.353. The Morgan fingerprint density at radius 3 is 2.43 bits per heavy atom. The van der Waals surface area contributed by atoms with Gasteiger partial charge in [-0.15, -0.1) is 0 Å². The van der Waals surface area contributed by atoms with Crippen molar-refractivity contribution < 1.29 is 9.53 Å². The largest absolute Gasteiger partial charge is 0.461 e. The minimum Gasteiger partial charge on any atom is -0.461 e. The number of carbonyl (C=O) groups is 1. The highest BCUT2D eigenvalue weighted by atomic mass is 16.5. The van der Waals surface area contributed by atoms with Gasteiger partial charge in [-0.1, -0.05) is 38.1 Å². The van der Waals surface area contributed by atoms with Crippen molar-refractivity contribution in [3.05, 3.63) is 42.0 Å². The van der Waals surface area contributed by atoms with E-state index in [1.165, 1.54) is 0 Å². The summed E-state index contributed by atoms with van der Waals surface area (Å²) >= 11 is 0. The van der Waals surface area contributed by atoms with Gasteiger partial charge in [0.05, 0.1) is 5.56 Å². The summed E-state index contributed by atoms with van der Waals surface area (Å²) in [5.41, 5.74) is 7.18. The van der Waals surface area contributed by atoms with Crippen molar-refractivity contribution in [3.63, 3.8) is 0 Å². The molecule has 0 atom stereocenters. The van der Waals surface area contributed by atoms with Crippen LogP contribution in [0, 0.1) is 0 Å². The van der Waals surface area contributed by atoms with Crippen LogP contribution in [0.25, 0.3) is 10.8 Å². The first-order chi connectivity index (χ1) is 10.2. The van der Waals surface area contributed by atoms with Gasteiger partial charge in [-0.3, -0.25) is 0 Å². The smallest absolute Gasteiger partial charge is 0.338 e. The molecule has 2 N–H and O–H groups in total. The number of esters is 1. The first-order valence-electron chi connectivity index (χ1n) is 7.34. The van der Waals surface area contributed by atoms with Crippen LogP contribution in [0.15, 0.2) is 36.4 Å². The molecule has 0 aliphatic carbocycles. The lowest BCUT2D eigenvalue weighted by Gasteiger charge is -2.17. The van der Waals surface area contributed by atoms with Crippen LogP contribution in [0.3, 0.4) is 0 Å². The second kappa shape index (κ2) is 7.09. The first kappa shape index (κ1) is 15.3. The third-order valence-electron chi connectivity index (χ3n) is 3.71. The molecular formula is C17H22N2O2. The van der Waals surface area contributed by atoms with E-state index in [9.17, 15) is 4.79 Å². The van der Waals surface area contributed by atoms with Crippen molar-refractivity contribution in [1.29, 1.82) is 0 Å². The van der Waals surface area contributed by atoms with Crippen LogP contribution in [0.4, 0.5) is 5.69 Å². The van der Waals surface area contributed by atoms with E-state index in [0.717, 1.165) is 30.4 Å². The number of anilines is 1.